The first-order chi connectivity index (χ1) is 7.08. The topological polar surface area (TPSA) is 55.8 Å². The number of hydrogen-bond donors (Lipinski definition) is 1. The summed E-state index contributed by atoms with van der Waals surface area (Å²) in [7, 11) is 2.78. The fourth-order valence-electron chi connectivity index (χ4n) is 1.11. The molecule has 1 aromatic carbocycles. The van der Waals surface area contributed by atoms with Gasteiger partial charge in [-0.25, -0.2) is 0 Å². The van der Waals surface area contributed by atoms with E-state index < -0.39 is 0 Å². The van der Waals surface area contributed by atoms with Gasteiger partial charge in [0.1, 0.15) is 0 Å². The van der Waals surface area contributed by atoms with Crippen molar-refractivity contribution >= 4 is 21.9 Å². The highest BCUT2D eigenvalue weighted by molar-refractivity contribution is 9.10. The molecule has 0 aromatic heterocycles. The van der Waals surface area contributed by atoms with Gasteiger partial charge >= 0.3 is 5.97 Å². The number of carbonyl (C=O) groups excluding carboxylic acids is 1. The lowest BCUT2D eigenvalue weighted by molar-refractivity contribution is -0.139. The fraction of sp³-hybridized carbons (Fsp3) is 0.300. The van der Waals surface area contributed by atoms with E-state index in [0.717, 1.165) is 0 Å². The average Bonchev–Trinajstić information content (AvgIpc) is 2.22. The maximum Gasteiger partial charge on any atom is 0.310 e. The van der Waals surface area contributed by atoms with Crippen molar-refractivity contribution in [1.82, 2.24) is 0 Å². The summed E-state index contributed by atoms with van der Waals surface area (Å²) in [5.41, 5.74) is 0.653. The van der Waals surface area contributed by atoms with E-state index in [0.29, 0.717) is 15.8 Å². The molecule has 5 heteroatoms. The number of aromatic hydroxyl groups is 1. The van der Waals surface area contributed by atoms with Gasteiger partial charge in [-0.2, -0.15) is 0 Å². The van der Waals surface area contributed by atoms with E-state index in [1.165, 1.54) is 20.3 Å². The smallest absolute Gasteiger partial charge is 0.310 e. The molecule has 0 atom stereocenters. The second-order valence-corrected chi connectivity index (χ2v) is 3.72. The lowest BCUT2D eigenvalue weighted by Gasteiger charge is -2.08. The van der Waals surface area contributed by atoms with Crippen molar-refractivity contribution in [1.29, 1.82) is 0 Å². The van der Waals surface area contributed by atoms with Crippen LogP contribution in [0.1, 0.15) is 5.56 Å². The summed E-state index contributed by atoms with van der Waals surface area (Å²) < 4.78 is 10.1. The molecular weight excluding hydrogens is 264 g/mol. The zero-order valence-electron chi connectivity index (χ0n) is 8.41. The summed E-state index contributed by atoms with van der Waals surface area (Å²) in [6, 6.07) is 3.08. The Balaban J connectivity index is 3.00. The van der Waals surface area contributed by atoms with Crippen molar-refractivity contribution in [3.8, 4) is 11.5 Å². The minimum absolute atomic E-state index is 0.000368. The van der Waals surface area contributed by atoms with Crippen LogP contribution in [0.5, 0.6) is 11.5 Å². The maximum atomic E-state index is 11.0. The molecule has 4 nitrogen and oxygen atoms in total. The predicted octanol–water partition coefficient (Wildman–Crippen LogP) is 1.88. The molecule has 1 rings (SSSR count). The van der Waals surface area contributed by atoms with Gasteiger partial charge in [-0.1, -0.05) is 15.9 Å². The summed E-state index contributed by atoms with van der Waals surface area (Å²) in [6.45, 7) is 0. The van der Waals surface area contributed by atoms with Gasteiger partial charge in [0, 0.05) is 4.47 Å². The highest BCUT2D eigenvalue weighted by Gasteiger charge is 2.11. The number of halogens is 1. The highest BCUT2D eigenvalue weighted by atomic mass is 79.9. The molecule has 0 bridgehead atoms. The number of hydrogen-bond acceptors (Lipinski definition) is 4. The second-order valence-electron chi connectivity index (χ2n) is 2.87. The van der Waals surface area contributed by atoms with Gasteiger partial charge < -0.3 is 14.6 Å². The first-order valence-corrected chi connectivity index (χ1v) is 5.00. The van der Waals surface area contributed by atoms with Gasteiger partial charge in [0.25, 0.3) is 0 Å². The van der Waals surface area contributed by atoms with Gasteiger partial charge in [-0.3, -0.25) is 4.79 Å². The van der Waals surface area contributed by atoms with Crippen molar-refractivity contribution < 1.29 is 19.4 Å². The van der Waals surface area contributed by atoms with Crippen LogP contribution >= 0.6 is 15.9 Å². The molecule has 1 aromatic rings. The lowest BCUT2D eigenvalue weighted by atomic mass is 10.1. The number of phenols is 1. The standard InChI is InChI=1S/C10H11BrO4/c1-14-9-5-7(11)6(3-8(9)12)4-10(13)15-2/h3,5,12H,4H2,1-2H3. The SMILES string of the molecule is COC(=O)Cc1cc(O)c(OC)cc1Br. The third-order valence-corrected chi connectivity index (χ3v) is 2.65. The van der Waals surface area contributed by atoms with Gasteiger partial charge in [-0.05, 0) is 17.7 Å². The first-order valence-electron chi connectivity index (χ1n) is 4.20. The number of phenolic OH excluding ortho intramolecular Hbond substituents is 1. The summed E-state index contributed by atoms with van der Waals surface area (Å²) in [4.78, 5) is 11.0. The minimum atomic E-state index is -0.361. The number of carbonyl (C=O) groups is 1. The molecule has 1 N–H and O–H groups in total. The van der Waals surface area contributed by atoms with Crippen LogP contribution in [0.25, 0.3) is 0 Å². The highest BCUT2D eigenvalue weighted by Crippen LogP contribution is 2.32. The Bertz CT molecular complexity index is 376. The summed E-state index contributed by atoms with van der Waals surface area (Å²) in [5, 5.41) is 9.50. The Labute approximate surface area is 95.9 Å². The van der Waals surface area contributed by atoms with Crippen molar-refractivity contribution in [2.24, 2.45) is 0 Å². The normalized spacial score (nSPS) is 9.80. The molecule has 0 aliphatic heterocycles. The van der Waals surface area contributed by atoms with E-state index >= 15 is 0 Å². The molecule has 0 saturated heterocycles. The Kier molecular flexibility index (Phi) is 3.96. The van der Waals surface area contributed by atoms with E-state index in [1.54, 1.807) is 6.07 Å². The van der Waals surface area contributed by atoms with E-state index in [1.807, 2.05) is 0 Å². The molecule has 0 spiro atoms. The Morgan fingerprint density at radius 1 is 1.47 bits per heavy atom. The lowest BCUT2D eigenvalue weighted by Crippen LogP contribution is -2.05. The summed E-state index contributed by atoms with van der Waals surface area (Å²) in [6.07, 6.45) is 0.106. The van der Waals surface area contributed by atoms with Crippen molar-refractivity contribution in [2.45, 2.75) is 6.42 Å². The van der Waals surface area contributed by atoms with Crippen LogP contribution in [0.3, 0.4) is 0 Å². The van der Waals surface area contributed by atoms with Gasteiger partial charge in [0.15, 0.2) is 11.5 Å². The molecule has 0 radical (unpaired) electrons. The molecular formula is C10H11BrO4. The Hall–Kier alpha value is -1.23. The van der Waals surface area contributed by atoms with Gasteiger partial charge in [0.05, 0.1) is 20.6 Å². The molecule has 0 saturated carbocycles. The van der Waals surface area contributed by atoms with Crippen molar-refractivity contribution in [3.63, 3.8) is 0 Å². The molecule has 0 heterocycles. The van der Waals surface area contributed by atoms with E-state index in [4.69, 9.17) is 4.74 Å². The Morgan fingerprint density at radius 3 is 2.67 bits per heavy atom. The molecule has 15 heavy (non-hydrogen) atoms. The van der Waals surface area contributed by atoms with E-state index in [2.05, 4.69) is 20.7 Å². The maximum absolute atomic E-state index is 11.0. The molecule has 0 amide bonds. The average molecular weight is 275 g/mol. The molecule has 0 aliphatic carbocycles. The van der Waals surface area contributed by atoms with Crippen LogP contribution < -0.4 is 4.74 Å². The first kappa shape index (κ1) is 11.8. The van der Waals surface area contributed by atoms with Gasteiger partial charge in [0.2, 0.25) is 0 Å². The van der Waals surface area contributed by atoms with Crippen LogP contribution in [0.2, 0.25) is 0 Å². The van der Waals surface area contributed by atoms with Crippen LogP contribution in [0.4, 0.5) is 0 Å². The monoisotopic (exact) mass is 274 g/mol. The summed E-state index contributed by atoms with van der Waals surface area (Å²) >= 11 is 3.28. The number of ether oxygens (including phenoxy) is 2. The largest absolute Gasteiger partial charge is 0.504 e. The van der Waals surface area contributed by atoms with Crippen molar-refractivity contribution in [3.05, 3.63) is 22.2 Å². The predicted molar refractivity (Wildman–Crippen MR) is 58.1 cm³/mol. The third kappa shape index (κ3) is 2.86. The van der Waals surface area contributed by atoms with E-state index in [9.17, 15) is 9.90 Å². The molecule has 0 aliphatic rings. The molecule has 0 unspecified atom stereocenters. The summed E-state index contributed by atoms with van der Waals surface area (Å²) in [5.74, 6) is -0.00430. The Morgan fingerprint density at radius 2 is 2.13 bits per heavy atom. The van der Waals surface area contributed by atoms with E-state index in [-0.39, 0.29) is 18.1 Å². The molecule has 82 valence electrons. The number of benzene rings is 1. The van der Waals surface area contributed by atoms with Gasteiger partial charge in [-0.15, -0.1) is 0 Å². The number of methoxy groups -OCH3 is 2. The zero-order valence-corrected chi connectivity index (χ0v) is 10.00. The van der Waals surface area contributed by atoms with Crippen molar-refractivity contribution in [2.75, 3.05) is 14.2 Å². The second kappa shape index (κ2) is 5.02. The third-order valence-electron chi connectivity index (χ3n) is 1.91. The van der Waals surface area contributed by atoms with Crippen LogP contribution in [0.15, 0.2) is 16.6 Å². The van der Waals surface area contributed by atoms with Crippen LogP contribution in [-0.4, -0.2) is 25.3 Å². The minimum Gasteiger partial charge on any atom is -0.504 e. The number of rotatable bonds is 3. The van der Waals surface area contributed by atoms with Crippen LogP contribution in [-0.2, 0) is 16.0 Å². The quantitative estimate of drug-likeness (QED) is 0.856. The van der Waals surface area contributed by atoms with Crippen LogP contribution in [0, 0.1) is 0 Å². The zero-order chi connectivity index (χ0) is 11.4. The number of esters is 1. The fourth-order valence-corrected chi connectivity index (χ4v) is 1.58. The molecule has 0 fully saturated rings.